The third-order valence-electron chi connectivity index (χ3n) is 5.06. The van der Waals surface area contributed by atoms with E-state index < -0.39 is 0 Å². The van der Waals surface area contributed by atoms with Gasteiger partial charge in [-0.3, -0.25) is 0 Å². The summed E-state index contributed by atoms with van der Waals surface area (Å²) in [5.74, 6) is 0. The fraction of sp³-hybridized carbons (Fsp3) is 0.417. The largest absolute Gasteiger partial charge is 0.144 e. The summed E-state index contributed by atoms with van der Waals surface area (Å²) >= 11 is 1.82. The van der Waals surface area contributed by atoms with E-state index in [-0.39, 0.29) is 0 Å². The molecule has 2 aromatic carbocycles. The Hall–Kier alpha value is -1.60. The Balaban J connectivity index is 1.44. The molecule has 1 aromatic heterocycles. The van der Waals surface area contributed by atoms with Gasteiger partial charge >= 0.3 is 0 Å². The van der Waals surface area contributed by atoms with Gasteiger partial charge in [0.15, 0.2) is 0 Å². The van der Waals surface area contributed by atoms with Gasteiger partial charge < -0.3 is 0 Å². The minimum absolute atomic E-state index is 1.22. The van der Waals surface area contributed by atoms with E-state index in [0.29, 0.717) is 0 Å². The normalized spacial score (nSPS) is 11.2. The second kappa shape index (κ2) is 9.77. The zero-order chi connectivity index (χ0) is 17.3. The molecule has 0 unspecified atom stereocenters. The number of fused-ring (bicyclic) bond motifs is 1. The van der Waals surface area contributed by atoms with Crippen molar-refractivity contribution in [2.75, 3.05) is 0 Å². The maximum absolute atomic E-state index is 2.31. The molecule has 0 aliphatic carbocycles. The lowest BCUT2D eigenvalue weighted by atomic mass is 10.0. The Morgan fingerprint density at radius 2 is 1.36 bits per heavy atom. The fourth-order valence-electron chi connectivity index (χ4n) is 3.46. The molecule has 0 radical (unpaired) electrons. The SMILES string of the molecule is CCCCCCCCCCc1ccc(-c2ccc3ccsc3c2)cc1. The van der Waals surface area contributed by atoms with E-state index in [2.05, 4.69) is 60.8 Å². The first-order valence-electron chi connectivity index (χ1n) is 9.93. The van der Waals surface area contributed by atoms with E-state index in [0.717, 1.165) is 0 Å². The zero-order valence-electron chi connectivity index (χ0n) is 15.5. The van der Waals surface area contributed by atoms with Crippen molar-refractivity contribution in [3.8, 4) is 11.1 Å². The van der Waals surface area contributed by atoms with Crippen molar-refractivity contribution in [1.82, 2.24) is 0 Å². The van der Waals surface area contributed by atoms with Crippen LogP contribution in [-0.2, 0) is 6.42 Å². The van der Waals surface area contributed by atoms with Gasteiger partial charge in [0.05, 0.1) is 0 Å². The molecule has 0 nitrogen and oxygen atoms in total. The highest BCUT2D eigenvalue weighted by atomic mass is 32.1. The molecule has 0 aliphatic heterocycles. The van der Waals surface area contributed by atoms with Crippen molar-refractivity contribution in [3.63, 3.8) is 0 Å². The van der Waals surface area contributed by atoms with Crippen molar-refractivity contribution in [3.05, 3.63) is 59.5 Å². The molecular formula is C24H30S. The van der Waals surface area contributed by atoms with Crippen LogP contribution in [0, 0.1) is 0 Å². The van der Waals surface area contributed by atoms with E-state index in [1.807, 2.05) is 11.3 Å². The number of unbranched alkanes of at least 4 members (excludes halogenated alkanes) is 7. The lowest BCUT2D eigenvalue weighted by molar-refractivity contribution is 0.575. The van der Waals surface area contributed by atoms with E-state index in [1.54, 1.807) is 0 Å². The molecule has 0 saturated heterocycles. The van der Waals surface area contributed by atoms with Crippen LogP contribution in [0.4, 0.5) is 0 Å². The number of benzene rings is 2. The summed E-state index contributed by atoms with van der Waals surface area (Å²) < 4.78 is 1.38. The van der Waals surface area contributed by atoms with Crippen molar-refractivity contribution < 1.29 is 0 Å². The summed E-state index contributed by atoms with van der Waals surface area (Å²) in [5, 5.41) is 3.52. The molecule has 0 amide bonds. The number of aryl methyl sites for hydroxylation is 1. The number of hydrogen-bond acceptors (Lipinski definition) is 1. The molecular weight excluding hydrogens is 320 g/mol. The Kier molecular flexibility index (Phi) is 7.11. The molecule has 0 N–H and O–H groups in total. The highest BCUT2D eigenvalue weighted by molar-refractivity contribution is 7.17. The van der Waals surface area contributed by atoms with Crippen molar-refractivity contribution in [1.29, 1.82) is 0 Å². The summed E-state index contributed by atoms with van der Waals surface area (Å²) in [4.78, 5) is 0. The van der Waals surface area contributed by atoms with E-state index in [9.17, 15) is 0 Å². The molecule has 0 saturated carbocycles. The highest BCUT2D eigenvalue weighted by Gasteiger charge is 2.01. The minimum atomic E-state index is 1.22. The maximum Gasteiger partial charge on any atom is 0.0348 e. The van der Waals surface area contributed by atoms with Gasteiger partial charge in [-0.2, -0.15) is 0 Å². The summed E-state index contributed by atoms with van der Waals surface area (Å²) in [7, 11) is 0. The minimum Gasteiger partial charge on any atom is -0.144 e. The van der Waals surface area contributed by atoms with Crippen LogP contribution in [-0.4, -0.2) is 0 Å². The molecule has 132 valence electrons. The zero-order valence-corrected chi connectivity index (χ0v) is 16.3. The molecule has 0 bridgehead atoms. The molecule has 1 heterocycles. The summed E-state index contributed by atoms with van der Waals surface area (Å²) in [5.41, 5.74) is 4.13. The molecule has 0 spiro atoms. The lowest BCUT2D eigenvalue weighted by Gasteiger charge is -2.06. The second-order valence-corrected chi connectivity index (χ2v) is 8.04. The van der Waals surface area contributed by atoms with Crippen molar-refractivity contribution in [2.24, 2.45) is 0 Å². The second-order valence-electron chi connectivity index (χ2n) is 7.10. The smallest absolute Gasteiger partial charge is 0.0348 e. The highest BCUT2D eigenvalue weighted by Crippen LogP contribution is 2.28. The Morgan fingerprint density at radius 3 is 2.12 bits per heavy atom. The van der Waals surface area contributed by atoms with Crippen LogP contribution in [0.25, 0.3) is 21.2 Å². The van der Waals surface area contributed by atoms with Crippen LogP contribution < -0.4 is 0 Å². The van der Waals surface area contributed by atoms with Gasteiger partial charge in [0.25, 0.3) is 0 Å². The quantitative estimate of drug-likeness (QED) is 0.323. The maximum atomic E-state index is 2.31. The van der Waals surface area contributed by atoms with Crippen LogP contribution in [0.1, 0.15) is 63.9 Å². The summed E-state index contributed by atoms with van der Waals surface area (Å²) in [6.07, 6.45) is 12.4. The predicted molar refractivity (Wildman–Crippen MR) is 114 cm³/mol. The average molecular weight is 351 g/mol. The molecule has 0 atom stereocenters. The van der Waals surface area contributed by atoms with Crippen LogP contribution in [0.3, 0.4) is 0 Å². The fourth-order valence-corrected chi connectivity index (χ4v) is 4.29. The predicted octanol–water partition coefficient (Wildman–Crippen LogP) is 8.25. The van der Waals surface area contributed by atoms with E-state index in [4.69, 9.17) is 0 Å². The van der Waals surface area contributed by atoms with Crippen LogP contribution >= 0.6 is 11.3 Å². The average Bonchev–Trinajstić information content (AvgIpc) is 3.12. The third kappa shape index (κ3) is 5.44. The standard InChI is InChI=1S/C24H30S/c1-2-3-4-5-6-7-8-9-10-20-11-13-21(14-12-20)23-16-15-22-17-18-25-24(22)19-23/h11-19H,2-10H2,1H3. The Labute approximate surface area is 156 Å². The molecule has 0 fully saturated rings. The van der Waals surface area contributed by atoms with Crippen LogP contribution in [0.15, 0.2) is 53.9 Å². The van der Waals surface area contributed by atoms with Gasteiger partial charge in [-0.15, -0.1) is 11.3 Å². The van der Waals surface area contributed by atoms with Gasteiger partial charge in [0, 0.05) is 4.70 Å². The molecule has 25 heavy (non-hydrogen) atoms. The molecule has 3 rings (SSSR count). The Bertz CT molecular complexity index is 751. The van der Waals surface area contributed by atoms with Crippen molar-refractivity contribution >= 4 is 21.4 Å². The van der Waals surface area contributed by atoms with Gasteiger partial charge in [0.2, 0.25) is 0 Å². The Morgan fingerprint density at radius 1 is 0.680 bits per heavy atom. The third-order valence-corrected chi connectivity index (χ3v) is 5.94. The van der Waals surface area contributed by atoms with Gasteiger partial charge in [-0.05, 0) is 52.4 Å². The van der Waals surface area contributed by atoms with Crippen LogP contribution in [0.2, 0.25) is 0 Å². The number of rotatable bonds is 10. The van der Waals surface area contributed by atoms with Gasteiger partial charge in [0.1, 0.15) is 0 Å². The number of hydrogen-bond donors (Lipinski definition) is 0. The molecule has 1 heteroatoms. The molecule has 0 aliphatic rings. The number of thiophene rings is 1. The van der Waals surface area contributed by atoms with E-state index in [1.165, 1.54) is 84.6 Å². The lowest BCUT2D eigenvalue weighted by Crippen LogP contribution is -1.87. The topological polar surface area (TPSA) is 0 Å². The van der Waals surface area contributed by atoms with Crippen LogP contribution in [0.5, 0.6) is 0 Å². The summed E-state index contributed by atoms with van der Waals surface area (Å²) in [6, 6.07) is 18.2. The van der Waals surface area contributed by atoms with E-state index >= 15 is 0 Å². The monoisotopic (exact) mass is 350 g/mol. The summed E-state index contributed by atoms with van der Waals surface area (Å²) in [6.45, 7) is 2.28. The first kappa shape index (κ1) is 18.2. The van der Waals surface area contributed by atoms with Gasteiger partial charge in [-0.25, -0.2) is 0 Å². The van der Waals surface area contributed by atoms with Gasteiger partial charge in [-0.1, -0.05) is 88.3 Å². The van der Waals surface area contributed by atoms with Crippen molar-refractivity contribution in [2.45, 2.75) is 64.7 Å². The first-order chi connectivity index (χ1) is 12.4. The molecule has 3 aromatic rings. The first-order valence-corrected chi connectivity index (χ1v) is 10.8.